The molecule has 0 aliphatic heterocycles. The highest BCUT2D eigenvalue weighted by Gasteiger charge is 2.10. The van der Waals surface area contributed by atoms with Crippen molar-refractivity contribution in [3.8, 4) is 5.75 Å². The van der Waals surface area contributed by atoms with E-state index in [0.29, 0.717) is 22.9 Å². The fourth-order valence-electron chi connectivity index (χ4n) is 1.77. The molecule has 1 amide bonds. The lowest BCUT2D eigenvalue weighted by atomic mass is 10.2. The van der Waals surface area contributed by atoms with E-state index >= 15 is 0 Å². The molecule has 110 valence electrons. The maximum Gasteiger partial charge on any atom is 0.251 e. The summed E-state index contributed by atoms with van der Waals surface area (Å²) in [5, 5.41) is 3.23. The van der Waals surface area contributed by atoms with E-state index in [2.05, 4.69) is 10.3 Å². The van der Waals surface area contributed by atoms with Crippen LogP contribution in [0.15, 0.2) is 42.6 Å². The second-order valence-electron chi connectivity index (χ2n) is 4.82. The summed E-state index contributed by atoms with van der Waals surface area (Å²) >= 11 is 6.12. The zero-order valence-electron chi connectivity index (χ0n) is 12.0. The number of nitrogens with zero attached hydrogens (tertiary/aromatic N) is 1. The van der Waals surface area contributed by atoms with Gasteiger partial charge in [0.2, 0.25) is 0 Å². The molecule has 0 fully saturated rings. The number of carbonyl (C=O) groups excluding carboxylic acids is 1. The lowest BCUT2D eigenvalue weighted by Crippen LogP contribution is -2.23. The Bertz CT molecular complexity index is 615. The number of benzene rings is 1. The van der Waals surface area contributed by atoms with Crippen LogP contribution in [0.1, 0.15) is 29.9 Å². The van der Waals surface area contributed by atoms with Crippen LogP contribution in [0.2, 0.25) is 5.02 Å². The van der Waals surface area contributed by atoms with Gasteiger partial charge in [0.1, 0.15) is 5.75 Å². The molecule has 0 bridgehead atoms. The van der Waals surface area contributed by atoms with Crippen molar-refractivity contribution in [1.29, 1.82) is 0 Å². The maximum absolute atomic E-state index is 12.1. The van der Waals surface area contributed by atoms with Crippen LogP contribution in [-0.4, -0.2) is 17.0 Å². The van der Waals surface area contributed by atoms with Crippen LogP contribution >= 0.6 is 11.6 Å². The first-order valence-electron chi connectivity index (χ1n) is 6.70. The number of amides is 1. The molecule has 2 aromatic rings. The first kappa shape index (κ1) is 15.3. The SMILES string of the molecule is CC(C)Oc1ccc(C(=O)NCc2ccccn2)cc1Cl. The zero-order chi connectivity index (χ0) is 15.2. The van der Waals surface area contributed by atoms with E-state index in [9.17, 15) is 4.79 Å². The average Bonchev–Trinajstić information content (AvgIpc) is 2.47. The van der Waals surface area contributed by atoms with Gasteiger partial charge in [-0.3, -0.25) is 9.78 Å². The number of pyridine rings is 1. The van der Waals surface area contributed by atoms with E-state index in [1.807, 2.05) is 32.0 Å². The Morgan fingerprint density at radius 1 is 1.33 bits per heavy atom. The summed E-state index contributed by atoms with van der Waals surface area (Å²) in [6, 6.07) is 10.6. The van der Waals surface area contributed by atoms with Crippen molar-refractivity contribution >= 4 is 17.5 Å². The number of rotatable bonds is 5. The second-order valence-corrected chi connectivity index (χ2v) is 5.22. The topological polar surface area (TPSA) is 51.2 Å². The van der Waals surface area contributed by atoms with Crippen LogP contribution in [0, 0.1) is 0 Å². The van der Waals surface area contributed by atoms with E-state index < -0.39 is 0 Å². The molecule has 5 heteroatoms. The molecule has 0 aliphatic carbocycles. The summed E-state index contributed by atoms with van der Waals surface area (Å²) in [4.78, 5) is 16.2. The minimum absolute atomic E-state index is 0.0336. The first-order chi connectivity index (χ1) is 10.1. The molecular weight excluding hydrogens is 288 g/mol. The number of carbonyl (C=O) groups is 1. The lowest BCUT2D eigenvalue weighted by Gasteiger charge is -2.12. The number of hydrogen-bond donors (Lipinski definition) is 1. The van der Waals surface area contributed by atoms with Gasteiger partial charge < -0.3 is 10.1 Å². The minimum atomic E-state index is -0.196. The molecule has 0 spiro atoms. The fraction of sp³-hybridized carbons (Fsp3) is 0.250. The standard InChI is InChI=1S/C16H17ClN2O2/c1-11(2)21-15-7-6-12(9-14(15)17)16(20)19-10-13-5-3-4-8-18-13/h3-9,11H,10H2,1-2H3,(H,19,20). The van der Waals surface area contributed by atoms with Gasteiger partial charge in [-0.05, 0) is 44.2 Å². The molecule has 1 aromatic carbocycles. The molecule has 21 heavy (non-hydrogen) atoms. The van der Waals surface area contributed by atoms with Crippen molar-refractivity contribution in [2.75, 3.05) is 0 Å². The molecule has 0 radical (unpaired) electrons. The third-order valence-corrected chi connectivity index (χ3v) is 3.01. The third-order valence-electron chi connectivity index (χ3n) is 2.71. The monoisotopic (exact) mass is 304 g/mol. The molecule has 0 unspecified atom stereocenters. The predicted molar refractivity (Wildman–Crippen MR) is 82.6 cm³/mol. The van der Waals surface area contributed by atoms with Gasteiger partial charge in [-0.2, -0.15) is 0 Å². The number of nitrogens with one attached hydrogen (secondary N) is 1. The molecular formula is C16H17ClN2O2. The molecule has 0 saturated heterocycles. The summed E-state index contributed by atoms with van der Waals surface area (Å²) in [5.41, 5.74) is 1.30. The minimum Gasteiger partial charge on any atom is -0.489 e. The highest BCUT2D eigenvalue weighted by molar-refractivity contribution is 6.32. The van der Waals surface area contributed by atoms with E-state index in [1.165, 1.54) is 0 Å². The van der Waals surface area contributed by atoms with Gasteiger partial charge in [-0.25, -0.2) is 0 Å². The van der Waals surface area contributed by atoms with Gasteiger partial charge in [-0.1, -0.05) is 17.7 Å². The maximum atomic E-state index is 12.1. The predicted octanol–water partition coefficient (Wildman–Crippen LogP) is 3.45. The molecule has 0 aliphatic rings. The largest absolute Gasteiger partial charge is 0.489 e. The van der Waals surface area contributed by atoms with Gasteiger partial charge in [0, 0.05) is 11.8 Å². The Kier molecular flexibility index (Phi) is 5.17. The van der Waals surface area contributed by atoms with Crippen molar-refractivity contribution in [1.82, 2.24) is 10.3 Å². The molecule has 0 atom stereocenters. The second kappa shape index (κ2) is 7.09. The van der Waals surface area contributed by atoms with E-state index in [0.717, 1.165) is 5.69 Å². The van der Waals surface area contributed by atoms with Gasteiger partial charge in [-0.15, -0.1) is 0 Å². The quantitative estimate of drug-likeness (QED) is 0.920. The van der Waals surface area contributed by atoms with Gasteiger partial charge in [0.25, 0.3) is 5.91 Å². The summed E-state index contributed by atoms with van der Waals surface area (Å²) < 4.78 is 5.54. The highest BCUT2D eigenvalue weighted by Crippen LogP contribution is 2.26. The Hall–Kier alpha value is -2.07. The normalized spacial score (nSPS) is 10.5. The highest BCUT2D eigenvalue weighted by atomic mass is 35.5. The molecule has 1 heterocycles. The van der Waals surface area contributed by atoms with E-state index in [4.69, 9.17) is 16.3 Å². The molecule has 4 nitrogen and oxygen atoms in total. The Labute approximate surface area is 129 Å². The van der Waals surface area contributed by atoms with Crippen LogP contribution in [0.4, 0.5) is 0 Å². The molecule has 1 aromatic heterocycles. The van der Waals surface area contributed by atoms with Crippen LogP contribution in [0.3, 0.4) is 0 Å². The first-order valence-corrected chi connectivity index (χ1v) is 7.08. The van der Waals surface area contributed by atoms with Crippen molar-refractivity contribution in [3.63, 3.8) is 0 Å². The van der Waals surface area contributed by atoms with Crippen LogP contribution in [0.5, 0.6) is 5.75 Å². The van der Waals surface area contributed by atoms with Gasteiger partial charge >= 0.3 is 0 Å². The fourth-order valence-corrected chi connectivity index (χ4v) is 1.99. The number of ether oxygens (including phenoxy) is 1. The summed E-state index contributed by atoms with van der Waals surface area (Å²) in [5.74, 6) is 0.381. The summed E-state index contributed by atoms with van der Waals surface area (Å²) in [6.07, 6.45) is 1.72. The molecule has 2 rings (SSSR count). The molecule has 1 N–H and O–H groups in total. The zero-order valence-corrected chi connectivity index (χ0v) is 12.7. The van der Waals surface area contributed by atoms with Crippen molar-refractivity contribution in [2.45, 2.75) is 26.5 Å². The Morgan fingerprint density at radius 3 is 2.76 bits per heavy atom. The van der Waals surface area contributed by atoms with Crippen LogP contribution < -0.4 is 10.1 Å². The van der Waals surface area contributed by atoms with Crippen molar-refractivity contribution in [2.24, 2.45) is 0 Å². The number of aromatic nitrogens is 1. The lowest BCUT2D eigenvalue weighted by molar-refractivity contribution is 0.0950. The van der Waals surface area contributed by atoms with Gasteiger partial charge in [0.05, 0.1) is 23.4 Å². The third kappa shape index (κ3) is 4.46. The van der Waals surface area contributed by atoms with Crippen molar-refractivity contribution in [3.05, 3.63) is 58.9 Å². The van der Waals surface area contributed by atoms with E-state index in [-0.39, 0.29) is 12.0 Å². The van der Waals surface area contributed by atoms with Crippen molar-refractivity contribution < 1.29 is 9.53 Å². The smallest absolute Gasteiger partial charge is 0.251 e. The average molecular weight is 305 g/mol. The summed E-state index contributed by atoms with van der Waals surface area (Å²) in [6.45, 7) is 4.22. The van der Waals surface area contributed by atoms with Gasteiger partial charge in [0.15, 0.2) is 0 Å². The Morgan fingerprint density at radius 2 is 2.14 bits per heavy atom. The number of hydrogen-bond acceptors (Lipinski definition) is 3. The van der Waals surface area contributed by atoms with Crippen LogP contribution in [-0.2, 0) is 6.54 Å². The van der Waals surface area contributed by atoms with Crippen LogP contribution in [0.25, 0.3) is 0 Å². The number of halogens is 1. The van der Waals surface area contributed by atoms with E-state index in [1.54, 1.807) is 24.4 Å². The summed E-state index contributed by atoms with van der Waals surface area (Å²) in [7, 11) is 0. The Balaban J connectivity index is 2.01. The molecule has 0 saturated carbocycles.